The van der Waals surface area contributed by atoms with Crippen molar-refractivity contribution in [3.8, 4) is 11.5 Å². The Morgan fingerprint density at radius 2 is 1.71 bits per heavy atom. The summed E-state index contributed by atoms with van der Waals surface area (Å²) in [7, 11) is -3.18. The van der Waals surface area contributed by atoms with Gasteiger partial charge in [0.25, 0.3) is 16.8 Å². The number of para-hydroxylation sites is 1. The molecule has 45 heavy (non-hydrogen) atoms. The summed E-state index contributed by atoms with van der Waals surface area (Å²) in [5.41, 5.74) is 1.38. The Labute approximate surface area is 263 Å². The molecule has 2 heterocycles. The van der Waals surface area contributed by atoms with E-state index in [1.54, 1.807) is 4.90 Å². The first-order valence-corrected chi connectivity index (χ1v) is 15.9. The average Bonchev–Trinajstić information content (AvgIpc) is 3.29. The number of rotatable bonds is 9. The molecule has 3 aromatic carbocycles. The third-order valence-electron chi connectivity index (χ3n) is 7.27. The van der Waals surface area contributed by atoms with Crippen LogP contribution in [0.3, 0.4) is 0 Å². The highest BCUT2D eigenvalue weighted by atomic mass is 32.2. The number of methoxy groups -OCH3 is 1. The van der Waals surface area contributed by atoms with Crippen molar-refractivity contribution >= 4 is 56.4 Å². The highest BCUT2D eigenvalue weighted by Gasteiger charge is 2.37. The Balaban J connectivity index is 1.25. The first-order valence-electron chi connectivity index (χ1n) is 13.7. The number of nitro groups is 1. The van der Waals surface area contributed by atoms with E-state index in [0.717, 1.165) is 16.7 Å². The molecule has 2 fully saturated rings. The molecule has 2 aliphatic rings. The predicted molar refractivity (Wildman–Crippen MR) is 167 cm³/mol. The van der Waals surface area contributed by atoms with E-state index in [2.05, 4.69) is 4.90 Å². The number of benzene rings is 3. The largest absolute Gasteiger partial charge is 0.493 e. The van der Waals surface area contributed by atoms with E-state index in [4.69, 9.17) is 8.92 Å². The zero-order chi connectivity index (χ0) is 32.3. The smallest absolute Gasteiger partial charge is 0.339 e. The molecule has 0 spiro atoms. The maximum absolute atomic E-state index is 13.1. The second kappa shape index (κ2) is 13.0. The van der Waals surface area contributed by atoms with E-state index >= 15 is 0 Å². The van der Waals surface area contributed by atoms with Gasteiger partial charge in [-0.15, -0.1) is 0 Å². The molecule has 0 radical (unpaired) electrons. The van der Waals surface area contributed by atoms with Crippen molar-refractivity contribution in [1.29, 1.82) is 0 Å². The van der Waals surface area contributed by atoms with E-state index in [9.17, 15) is 32.9 Å². The summed E-state index contributed by atoms with van der Waals surface area (Å²) >= 11 is 0.689. The van der Waals surface area contributed by atoms with Crippen LogP contribution < -0.4 is 13.8 Å². The minimum absolute atomic E-state index is 0.00186. The molecule has 0 saturated carbocycles. The quantitative estimate of drug-likeness (QED) is 0.142. The van der Waals surface area contributed by atoms with Gasteiger partial charge in [0, 0.05) is 43.5 Å². The molecule has 3 aromatic rings. The molecule has 2 aliphatic heterocycles. The molecular weight excluding hydrogens is 624 g/mol. The summed E-state index contributed by atoms with van der Waals surface area (Å²) in [6.07, 6.45) is 1.43. The molecule has 0 aliphatic carbocycles. The lowest BCUT2D eigenvalue weighted by Crippen LogP contribution is -2.51. The van der Waals surface area contributed by atoms with Gasteiger partial charge in [0.05, 0.1) is 16.9 Å². The van der Waals surface area contributed by atoms with Crippen LogP contribution in [0.1, 0.15) is 11.1 Å². The number of ether oxygens (including phenoxy) is 1. The van der Waals surface area contributed by atoms with Crippen LogP contribution in [0.25, 0.3) is 6.08 Å². The molecule has 3 amide bonds. The molecule has 2 saturated heterocycles. The minimum Gasteiger partial charge on any atom is -0.493 e. The van der Waals surface area contributed by atoms with Gasteiger partial charge in [-0.3, -0.25) is 29.4 Å². The fourth-order valence-corrected chi connectivity index (χ4v) is 6.63. The zero-order valence-electron chi connectivity index (χ0n) is 24.2. The van der Waals surface area contributed by atoms with Crippen molar-refractivity contribution in [2.75, 3.05) is 44.7 Å². The van der Waals surface area contributed by atoms with Gasteiger partial charge in [-0.25, -0.2) is 0 Å². The molecule has 5 rings (SSSR count). The summed E-state index contributed by atoms with van der Waals surface area (Å²) in [6.45, 7) is 3.29. The van der Waals surface area contributed by atoms with Crippen LogP contribution in [0.5, 0.6) is 11.5 Å². The second-order valence-corrected chi connectivity index (χ2v) is 12.7. The number of hydrogen-bond acceptors (Lipinski definition) is 11. The number of anilines is 1. The number of nitro benzene ring substituents is 1. The number of nitrogens with zero attached hydrogens (tertiary/aromatic N) is 4. The number of amides is 3. The van der Waals surface area contributed by atoms with E-state index in [1.165, 1.54) is 50.4 Å². The van der Waals surface area contributed by atoms with Gasteiger partial charge in [0.15, 0.2) is 11.5 Å². The second-order valence-electron chi connectivity index (χ2n) is 10.1. The monoisotopic (exact) mass is 652 g/mol. The summed E-state index contributed by atoms with van der Waals surface area (Å²) in [6, 6.07) is 17.4. The van der Waals surface area contributed by atoms with Crippen LogP contribution in [-0.2, 0) is 19.7 Å². The van der Waals surface area contributed by atoms with Gasteiger partial charge in [0.1, 0.15) is 11.4 Å². The van der Waals surface area contributed by atoms with Crippen molar-refractivity contribution in [1.82, 2.24) is 9.80 Å². The Morgan fingerprint density at radius 1 is 1.00 bits per heavy atom. The average molecular weight is 653 g/mol. The summed E-state index contributed by atoms with van der Waals surface area (Å²) in [5.74, 6) is -1.14. The first kappa shape index (κ1) is 31.5. The number of imide groups is 1. The summed E-state index contributed by atoms with van der Waals surface area (Å²) in [5, 5.41) is 10.7. The molecule has 13 nitrogen and oxygen atoms in total. The van der Waals surface area contributed by atoms with Crippen molar-refractivity contribution < 1.29 is 36.6 Å². The Kier molecular flexibility index (Phi) is 9.11. The molecule has 0 atom stereocenters. The SMILES string of the molecule is COc1cc(/C=C2\SC(=O)N(CC(=O)N3CCN(c4ccccc4)CC3)C2=O)ccc1OS(=O)(=O)c1ccc(C)c([N+](=O)[O-])c1. The highest BCUT2D eigenvalue weighted by Crippen LogP contribution is 2.36. The number of thioether (sulfide) groups is 1. The Morgan fingerprint density at radius 3 is 2.38 bits per heavy atom. The van der Waals surface area contributed by atoms with E-state index in [-0.39, 0.29) is 40.1 Å². The lowest BCUT2D eigenvalue weighted by atomic mass is 10.2. The molecule has 234 valence electrons. The van der Waals surface area contributed by atoms with Crippen LogP contribution >= 0.6 is 11.8 Å². The van der Waals surface area contributed by atoms with Crippen LogP contribution in [0, 0.1) is 17.0 Å². The maximum atomic E-state index is 13.1. The van der Waals surface area contributed by atoms with Gasteiger partial charge < -0.3 is 18.7 Å². The lowest BCUT2D eigenvalue weighted by Gasteiger charge is -2.36. The summed E-state index contributed by atoms with van der Waals surface area (Å²) in [4.78, 5) is 53.7. The molecule has 0 bridgehead atoms. The van der Waals surface area contributed by atoms with Crippen molar-refractivity contribution in [3.05, 3.63) is 92.9 Å². The van der Waals surface area contributed by atoms with Crippen LogP contribution in [0.2, 0.25) is 0 Å². The van der Waals surface area contributed by atoms with Crippen molar-refractivity contribution in [3.63, 3.8) is 0 Å². The van der Waals surface area contributed by atoms with Gasteiger partial charge in [-0.2, -0.15) is 8.42 Å². The van der Waals surface area contributed by atoms with Gasteiger partial charge in [-0.05, 0) is 60.7 Å². The van der Waals surface area contributed by atoms with Crippen LogP contribution in [0.15, 0.2) is 76.5 Å². The Hall–Kier alpha value is -4.89. The van der Waals surface area contributed by atoms with Gasteiger partial charge in [0.2, 0.25) is 5.91 Å². The number of carbonyl (C=O) groups is 3. The fourth-order valence-electron chi connectivity index (χ4n) is 4.83. The number of carbonyl (C=O) groups excluding carboxylic acids is 3. The topological polar surface area (TPSA) is 157 Å². The van der Waals surface area contributed by atoms with E-state index in [1.807, 2.05) is 30.3 Å². The number of aryl methyl sites for hydroxylation is 1. The first-order chi connectivity index (χ1) is 21.5. The molecule has 15 heteroatoms. The lowest BCUT2D eigenvalue weighted by molar-refractivity contribution is -0.385. The van der Waals surface area contributed by atoms with E-state index in [0.29, 0.717) is 43.5 Å². The zero-order valence-corrected chi connectivity index (χ0v) is 25.9. The number of piperazine rings is 1. The minimum atomic E-state index is -4.46. The third kappa shape index (κ3) is 6.94. The van der Waals surface area contributed by atoms with Crippen molar-refractivity contribution in [2.24, 2.45) is 0 Å². The Bertz CT molecular complexity index is 1800. The van der Waals surface area contributed by atoms with Crippen LogP contribution in [-0.4, -0.2) is 80.0 Å². The van der Waals surface area contributed by atoms with Gasteiger partial charge in [-0.1, -0.05) is 30.3 Å². The maximum Gasteiger partial charge on any atom is 0.339 e. The summed E-state index contributed by atoms with van der Waals surface area (Å²) < 4.78 is 36.3. The van der Waals surface area contributed by atoms with Gasteiger partial charge >= 0.3 is 10.1 Å². The molecule has 0 unspecified atom stereocenters. The standard InChI is InChI=1S/C30H28N4O9S2/c1-20-8-10-23(18-24(20)34(38)39)45(40,41)43-25-11-9-21(16-26(25)42-2)17-27-29(36)33(30(37)44-27)19-28(35)32-14-12-31(13-15-32)22-6-4-3-5-7-22/h3-11,16-18H,12-15,19H2,1-2H3/b27-17-. The normalized spacial score (nSPS) is 16.3. The number of hydrogen-bond donors (Lipinski definition) is 0. The highest BCUT2D eigenvalue weighted by molar-refractivity contribution is 8.18. The fraction of sp³-hybridized carbons (Fsp3) is 0.233. The van der Waals surface area contributed by atoms with E-state index < -0.39 is 31.1 Å². The third-order valence-corrected chi connectivity index (χ3v) is 9.41. The van der Waals surface area contributed by atoms with Crippen molar-refractivity contribution in [2.45, 2.75) is 11.8 Å². The predicted octanol–water partition coefficient (Wildman–Crippen LogP) is 4.06. The molecule has 0 aromatic heterocycles. The molecule has 0 N–H and O–H groups in total. The molecular formula is C30H28N4O9S2. The van der Waals surface area contributed by atoms with Crippen LogP contribution in [0.4, 0.5) is 16.2 Å².